The van der Waals surface area contributed by atoms with Crippen LogP contribution < -0.4 is 10.6 Å². The quantitative estimate of drug-likeness (QED) is 0.726. The zero-order valence-electron chi connectivity index (χ0n) is 15.1. The predicted molar refractivity (Wildman–Crippen MR) is 100 cm³/mol. The van der Waals surface area contributed by atoms with Crippen LogP contribution in [0.1, 0.15) is 42.6 Å². The van der Waals surface area contributed by atoms with E-state index in [1.165, 1.54) is 5.56 Å². The van der Waals surface area contributed by atoms with Gasteiger partial charge in [-0.05, 0) is 41.3 Å². The van der Waals surface area contributed by atoms with Gasteiger partial charge in [-0.15, -0.1) is 10.2 Å². The first-order chi connectivity index (χ1) is 12.4. The number of amides is 1. The second-order valence-electron chi connectivity index (χ2n) is 6.99. The fourth-order valence-electron chi connectivity index (χ4n) is 2.58. The van der Waals surface area contributed by atoms with E-state index in [2.05, 4.69) is 47.7 Å². The smallest absolute Gasteiger partial charge is 0.272 e. The molecule has 26 heavy (non-hydrogen) atoms. The Kier molecular flexibility index (Phi) is 5.02. The average Bonchev–Trinajstić information content (AvgIpc) is 3.13. The number of aromatic nitrogens is 2. The predicted octanol–water partition coefficient (Wildman–Crippen LogP) is 4.04. The van der Waals surface area contributed by atoms with Crippen molar-refractivity contribution in [2.45, 2.75) is 32.7 Å². The number of carbonyl (C=O) groups excluding carboxylic acids is 1. The van der Waals surface area contributed by atoms with Gasteiger partial charge in [0.1, 0.15) is 5.76 Å². The van der Waals surface area contributed by atoms with Gasteiger partial charge in [0.2, 0.25) is 0 Å². The molecular weight excluding hydrogens is 328 g/mol. The van der Waals surface area contributed by atoms with Crippen LogP contribution in [0.25, 0.3) is 0 Å². The summed E-state index contributed by atoms with van der Waals surface area (Å²) < 4.78 is 5.18. The first kappa shape index (κ1) is 17.7. The van der Waals surface area contributed by atoms with Crippen molar-refractivity contribution in [2.75, 3.05) is 5.32 Å². The summed E-state index contributed by atoms with van der Waals surface area (Å²) in [6, 6.07) is 15.0. The van der Waals surface area contributed by atoms with Crippen molar-refractivity contribution in [2.24, 2.45) is 0 Å². The van der Waals surface area contributed by atoms with Gasteiger partial charge in [-0.25, -0.2) is 0 Å². The topological polar surface area (TPSA) is 80.0 Å². The minimum Gasteiger partial charge on any atom is -0.467 e. The Morgan fingerprint density at radius 1 is 1.04 bits per heavy atom. The molecule has 0 bridgehead atoms. The lowest BCUT2D eigenvalue weighted by Crippen LogP contribution is -2.24. The van der Waals surface area contributed by atoms with Crippen molar-refractivity contribution in [3.05, 3.63) is 71.8 Å². The van der Waals surface area contributed by atoms with Crippen LogP contribution in [0.2, 0.25) is 0 Å². The highest BCUT2D eigenvalue weighted by Crippen LogP contribution is 2.30. The minimum atomic E-state index is -0.296. The number of para-hydroxylation sites is 1. The molecule has 0 saturated carbocycles. The highest BCUT2D eigenvalue weighted by Gasteiger charge is 2.18. The van der Waals surface area contributed by atoms with Gasteiger partial charge in [0.15, 0.2) is 11.5 Å². The summed E-state index contributed by atoms with van der Waals surface area (Å²) in [5, 5.41) is 14.2. The van der Waals surface area contributed by atoms with E-state index in [1.807, 2.05) is 18.2 Å². The molecule has 3 rings (SSSR count). The van der Waals surface area contributed by atoms with E-state index in [4.69, 9.17) is 4.42 Å². The maximum absolute atomic E-state index is 12.1. The van der Waals surface area contributed by atoms with Gasteiger partial charge in [-0.3, -0.25) is 4.79 Å². The third-order valence-electron chi connectivity index (χ3n) is 3.90. The van der Waals surface area contributed by atoms with Gasteiger partial charge in [0, 0.05) is 5.69 Å². The highest BCUT2D eigenvalue weighted by atomic mass is 16.3. The number of hydrogen-bond donors (Lipinski definition) is 2. The van der Waals surface area contributed by atoms with Gasteiger partial charge in [0.25, 0.3) is 5.91 Å². The van der Waals surface area contributed by atoms with E-state index in [-0.39, 0.29) is 17.0 Å². The molecule has 6 heteroatoms. The standard InChI is InChI=1S/C20H22N4O2/c1-20(2,3)15-8-4-5-9-16(15)22-18-11-10-17(23-24-18)19(25)21-13-14-7-6-12-26-14/h4-12H,13H2,1-3H3,(H,21,25)(H,22,24). The number of benzene rings is 1. The van der Waals surface area contributed by atoms with Crippen LogP contribution in [-0.4, -0.2) is 16.1 Å². The molecule has 0 aliphatic rings. The summed E-state index contributed by atoms with van der Waals surface area (Å²) in [6.45, 7) is 6.79. The van der Waals surface area contributed by atoms with Gasteiger partial charge in [-0.1, -0.05) is 39.0 Å². The van der Waals surface area contributed by atoms with Crippen molar-refractivity contribution in [3.8, 4) is 0 Å². The molecule has 1 aromatic carbocycles. The molecule has 0 unspecified atom stereocenters. The SMILES string of the molecule is CC(C)(C)c1ccccc1Nc1ccc(C(=O)NCc2ccco2)nn1. The van der Waals surface area contributed by atoms with Crippen molar-refractivity contribution in [1.82, 2.24) is 15.5 Å². The number of hydrogen-bond acceptors (Lipinski definition) is 5. The maximum atomic E-state index is 12.1. The number of carbonyl (C=O) groups is 1. The monoisotopic (exact) mass is 350 g/mol. The minimum absolute atomic E-state index is 0.00268. The van der Waals surface area contributed by atoms with Gasteiger partial charge >= 0.3 is 0 Å². The van der Waals surface area contributed by atoms with Crippen molar-refractivity contribution in [1.29, 1.82) is 0 Å². The van der Waals surface area contributed by atoms with Crippen molar-refractivity contribution in [3.63, 3.8) is 0 Å². The van der Waals surface area contributed by atoms with Crippen LogP contribution >= 0.6 is 0 Å². The fraction of sp³-hybridized carbons (Fsp3) is 0.250. The first-order valence-electron chi connectivity index (χ1n) is 8.44. The number of nitrogens with zero attached hydrogens (tertiary/aromatic N) is 2. The molecule has 0 saturated heterocycles. The zero-order chi connectivity index (χ0) is 18.6. The Morgan fingerprint density at radius 3 is 2.50 bits per heavy atom. The molecule has 3 aromatic rings. The van der Waals surface area contributed by atoms with E-state index >= 15 is 0 Å². The molecule has 0 aliphatic carbocycles. The molecule has 0 atom stereocenters. The lowest BCUT2D eigenvalue weighted by molar-refractivity contribution is 0.0942. The lowest BCUT2D eigenvalue weighted by Gasteiger charge is -2.23. The molecule has 2 aromatic heterocycles. The van der Waals surface area contributed by atoms with Crippen LogP contribution in [0.5, 0.6) is 0 Å². The molecule has 134 valence electrons. The molecule has 2 N–H and O–H groups in total. The summed E-state index contributed by atoms with van der Waals surface area (Å²) in [7, 11) is 0. The first-order valence-corrected chi connectivity index (χ1v) is 8.44. The van der Waals surface area contributed by atoms with Gasteiger partial charge < -0.3 is 15.1 Å². The molecule has 0 fully saturated rings. The average molecular weight is 350 g/mol. The number of rotatable bonds is 5. The van der Waals surface area contributed by atoms with Gasteiger partial charge in [0.05, 0.1) is 12.8 Å². The van der Waals surface area contributed by atoms with Crippen LogP contribution in [-0.2, 0) is 12.0 Å². The number of nitrogens with one attached hydrogen (secondary N) is 2. The Bertz CT molecular complexity index is 866. The molecule has 6 nitrogen and oxygen atoms in total. The number of anilines is 2. The Hall–Kier alpha value is -3.15. The summed E-state index contributed by atoms with van der Waals surface area (Å²) in [5.74, 6) is 0.975. The van der Waals surface area contributed by atoms with Crippen molar-refractivity contribution >= 4 is 17.4 Å². The van der Waals surface area contributed by atoms with E-state index in [9.17, 15) is 4.79 Å². The van der Waals surface area contributed by atoms with E-state index in [1.54, 1.807) is 30.5 Å². The Morgan fingerprint density at radius 2 is 1.85 bits per heavy atom. The van der Waals surface area contributed by atoms with Crippen LogP contribution in [0, 0.1) is 0 Å². The largest absolute Gasteiger partial charge is 0.467 e. The molecule has 0 radical (unpaired) electrons. The highest BCUT2D eigenvalue weighted by molar-refractivity contribution is 5.92. The molecule has 1 amide bonds. The summed E-state index contributed by atoms with van der Waals surface area (Å²) >= 11 is 0. The maximum Gasteiger partial charge on any atom is 0.272 e. The van der Waals surface area contributed by atoms with E-state index in [0.29, 0.717) is 18.1 Å². The second-order valence-corrected chi connectivity index (χ2v) is 6.99. The fourth-order valence-corrected chi connectivity index (χ4v) is 2.58. The Labute approximate surface area is 152 Å². The van der Waals surface area contributed by atoms with E-state index < -0.39 is 0 Å². The second kappa shape index (κ2) is 7.39. The molecule has 0 spiro atoms. The van der Waals surface area contributed by atoms with E-state index in [0.717, 1.165) is 5.69 Å². The lowest BCUT2D eigenvalue weighted by atomic mass is 9.86. The van der Waals surface area contributed by atoms with Crippen LogP contribution in [0.3, 0.4) is 0 Å². The normalized spacial score (nSPS) is 11.2. The Balaban J connectivity index is 1.68. The number of furan rings is 1. The summed E-state index contributed by atoms with van der Waals surface area (Å²) in [5.41, 5.74) is 2.42. The third-order valence-corrected chi connectivity index (χ3v) is 3.90. The van der Waals surface area contributed by atoms with Crippen LogP contribution in [0.4, 0.5) is 11.5 Å². The van der Waals surface area contributed by atoms with Crippen molar-refractivity contribution < 1.29 is 9.21 Å². The summed E-state index contributed by atoms with van der Waals surface area (Å²) in [4.78, 5) is 12.1. The van der Waals surface area contributed by atoms with Gasteiger partial charge in [-0.2, -0.15) is 0 Å². The zero-order valence-corrected chi connectivity index (χ0v) is 15.1. The molecule has 0 aliphatic heterocycles. The molecule has 2 heterocycles. The molecular formula is C20H22N4O2. The third kappa shape index (κ3) is 4.27. The summed E-state index contributed by atoms with van der Waals surface area (Å²) in [6.07, 6.45) is 1.57. The van der Waals surface area contributed by atoms with Crippen LogP contribution in [0.15, 0.2) is 59.2 Å².